The Labute approximate surface area is 242 Å². The minimum Gasteiger partial charge on any atom is -0.469 e. The Bertz CT molecular complexity index is 1410. The lowest BCUT2D eigenvalue weighted by atomic mass is 9.63. The van der Waals surface area contributed by atoms with E-state index in [1.165, 1.54) is 38.9 Å². The Hall–Kier alpha value is -2.65. The normalized spacial score (nSPS) is 23.6. The number of fused-ring (bicyclic) bond motifs is 5. The predicted octanol–water partition coefficient (Wildman–Crippen LogP) is 9.52. The Morgan fingerprint density at radius 2 is 1.65 bits per heavy atom. The highest BCUT2D eigenvalue weighted by Crippen LogP contribution is 2.52. The maximum Gasteiger partial charge on any atom is 0.213 e. The minimum atomic E-state index is -0.325. The second-order valence-electron chi connectivity index (χ2n) is 13.6. The van der Waals surface area contributed by atoms with Gasteiger partial charge in [0.2, 0.25) is 17.5 Å². The molecule has 3 heterocycles. The first kappa shape index (κ1) is 28.9. The van der Waals surface area contributed by atoms with Gasteiger partial charge in [-0.05, 0) is 87.3 Å². The standard InChI is InChI=1S/C37H50NO2/c1-10-37(11-2)33(21-34-39-29(18-24(3)4)23-36(9,40-34)22-25(5)6)38-31-15-13-12-14-28(31)16-17-32(38)30-20-26(7)19-27(8)35(30)37/h12-17,19-20,23-25,33-34H,10-11,18,21-22H2,1-9H3/q+1. The van der Waals surface area contributed by atoms with Crippen LogP contribution in [0, 0.1) is 25.7 Å². The highest BCUT2D eigenvalue weighted by Gasteiger charge is 2.53. The summed E-state index contributed by atoms with van der Waals surface area (Å²) in [6, 6.07) is 18.5. The van der Waals surface area contributed by atoms with Crippen molar-refractivity contribution in [3.8, 4) is 11.3 Å². The van der Waals surface area contributed by atoms with Gasteiger partial charge in [-0.2, -0.15) is 4.57 Å². The third-order valence-corrected chi connectivity index (χ3v) is 9.33. The van der Waals surface area contributed by atoms with Crippen LogP contribution in [0.3, 0.4) is 0 Å². The molecule has 2 aliphatic rings. The molecule has 3 aromatic rings. The number of para-hydroxylation sites is 1. The van der Waals surface area contributed by atoms with Crippen LogP contribution in [0.1, 0.15) is 103 Å². The van der Waals surface area contributed by atoms with Gasteiger partial charge in [-0.25, -0.2) is 0 Å². The van der Waals surface area contributed by atoms with Gasteiger partial charge in [-0.3, -0.25) is 0 Å². The smallest absolute Gasteiger partial charge is 0.213 e. The van der Waals surface area contributed by atoms with E-state index in [1.54, 1.807) is 0 Å². The molecule has 0 radical (unpaired) electrons. The monoisotopic (exact) mass is 540 g/mol. The lowest BCUT2D eigenvalue weighted by molar-refractivity contribution is -0.704. The zero-order valence-corrected chi connectivity index (χ0v) is 26.3. The molecule has 1 aromatic heterocycles. The Balaban J connectivity index is 1.70. The second kappa shape index (κ2) is 11.0. The van der Waals surface area contributed by atoms with Gasteiger partial charge < -0.3 is 9.47 Å². The van der Waals surface area contributed by atoms with Crippen molar-refractivity contribution >= 4 is 10.9 Å². The molecule has 214 valence electrons. The number of rotatable bonds is 8. The summed E-state index contributed by atoms with van der Waals surface area (Å²) >= 11 is 0. The highest BCUT2D eigenvalue weighted by atomic mass is 16.7. The van der Waals surface area contributed by atoms with E-state index < -0.39 is 0 Å². The molecule has 0 fully saturated rings. The van der Waals surface area contributed by atoms with Crippen LogP contribution in [0.4, 0.5) is 0 Å². The summed E-state index contributed by atoms with van der Waals surface area (Å²) in [5.74, 6) is 2.17. The highest BCUT2D eigenvalue weighted by molar-refractivity contribution is 5.79. The lowest BCUT2D eigenvalue weighted by Crippen LogP contribution is -2.58. The lowest BCUT2D eigenvalue weighted by Gasteiger charge is -2.45. The van der Waals surface area contributed by atoms with Crippen molar-refractivity contribution in [1.29, 1.82) is 0 Å². The molecule has 0 amide bonds. The maximum atomic E-state index is 6.93. The van der Waals surface area contributed by atoms with E-state index in [4.69, 9.17) is 9.47 Å². The molecule has 0 saturated heterocycles. The van der Waals surface area contributed by atoms with Crippen LogP contribution in [0.2, 0.25) is 0 Å². The minimum absolute atomic E-state index is 0.0323. The number of allylic oxidation sites excluding steroid dienone is 1. The van der Waals surface area contributed by atoms with Crippen LogP contribution in [0.15, 0.2) is 60.4 Å². The van der Waals surface area contributed by atoms with Crippen LogP contribution in [-0.4, -0.2) is 11.9 Å². The van der Waals surface area contributed by atoms with Gasteiger partial charge in [-0.15, -0.1) is 0 Å². The number of benzene rings is 2. The molecule has 0 N–H and O–H groups in total. The fourth-order valence-corrected chi connectivity index (χ4v) is 8.04. The molecule has 2 aromatic carbocycles. The molecule has 0 saturated carbocycles. The van der Waals surface area contributed by atoms with Crippen molar-refractivity contribution in [3.63, 3.8) is 0 Å². The van der Waals surface area contributed by atoms with E-state index in [2.05, 4.69) is 121 Å². The first-order valence-electron chi connectivity index (χ1n) is 15.6. The van der Waals surface area contributed by atoms with Crippen molar-refractivity contribution in [2.24, 2.45) is 11.8 Å². The number of pyridine rings is 1. The number of nitrogens with zero attached hydrogens (tertiary/aromatic N) is 1. The Morgan fingerprint density at radius 1 is 0.925 bits per heavy atom. The number of aryl methyl sites for hydroxylation is 2. The fourth-order valence-electron chi connectivity index (χ4n) is 8.04. The van der Waals surface area contributed by atoms with E-state index in [1.807, 2.05) is 0 Å². The van der Waals surface area contributed by atoms with Gasteiger partial charge in [0.15, 0.2) is 6.04 Å². The van der Waals surface area contributed by atoms with Crippen molar-refractivity contribution in [2.45, 2.75) is 118 Å². The fraction of sp³-hybridized carbons (Fsp3) is 0.541. The van der Waals surface area contributed by atoms with Gasteiger partial charge in [0.25, 0.3) is 0 Å². The maximum absolute atomic E-state index is 6.93. The van der Waals surface area contributed by atoms with Gasteiger partial charge in [0.05, 0.1) is 28.8 Å². The van der Waals surface area contributed by atoms with Crippen molar-refractivity contribution in [2.75, 3.05) is 0 Å². The molecule has 5 rings (SSSR count). The zero-order valence-electron chi connectivity index (χ0n) is 26.3. The van der Waals surface area contributed by atoms with Gasteiger partial charge in [0.1, 0.15) is 0 Å². The molecule has 40 heavy (non-hydrogen) atoms. The molecule has 3 nitrogen and oxygen atoms in total. The Morgan fingerprint density at radius 3 is 2.33 bits per heavy atom. The van der Waals surface area contributed by atoms with Crippen molar-refractivity contribution in [3.05, 3.63) is 77.1 Å². The van der Waals surface area contributed by atoms with E-state index in [9.17, 15) is 0 Å². The second-order valence-corrected chi connectivity index (χ2v) is 13.6. The van der Waals surface area contributed by atoms with E-state index in [-0.39, 0.29) is 23.3 Å². The first-order valence-corrected chi connectivity index (χ1v) is 15.6. The van der Waals surface area contributed by atoms with E-state index in [0.29, 0.717) is 11.8 Å². The van der Waals surface area contributed by atoms with Gasteiger partial charge >= 0.3 is 0 Å². The van der Waals surface area contributed by atoms with Gasteiger partial charge in [0, 0.05) is 23.9 Å². The topological polar surface area (TPSA) is 22.3 Å². The summed E-state index contributed by atoms with van der Waals surface area (Å²) in [6.07, 6.45) is 6.84. The number of ether oxygens (including phenoxy) is 2. The quantitative estimate of drug-likeness (QED) is 0.265. The zero-order chi connectivity index (χ0) is 28.8. The van der Waals surface area contributed by atoms with Crippen LogP contribution in [0.25, 0.3) is 22.2 Å². The molecular formula is C37H50NO2+. The SMILES string of the molecule is CCC1(CC)c2c(C)cc(C)cc2-c2ccc3ccccc3[n+]2C1CC1OC(CC(C)C)=CC(C)(CC(C)C)O1. The molecule has 0 spiro atoms. The molecule has 3 heteroatoms. The van der Waals surface area contributed by atoms with Gasteiger partial charge in [-0.1, -0.05) is 65.3 Å². The largest absolute Gasteiger partial charge is 0.469 e. The van der Waals surface area contributed by atoms with E-state index in [0.717, 1.165) is 37.9 Å². The average molecular weight is 541 g/mol. The first-order chi connectivity index (χ1) is 19.0. The van der Waals surface area contributed by atoms with Crippen LogP contribution in [-0.2, 0) is 14.9 Å². The van der Waals surface area contributed by atoms with Crippen LogP contribution >= 0.6 is 0 Å². The summed E-state index contributed by atoms with van der Waals surface area (Å²) < 4.78 is 16.3. The van der Waals surface area contributed by atoms with Crippen molar-refractivity contribution in [1.82, 2.24) is 0 Å². The number of hydrogen-bond donors (Lipinski definition) is 0. The molecule has 3 unspecified atom stereocenters. The third kappa shape index (κ3) is 5.11. The molecule has 0 bridgehead atoms. The third-order valence-electron chi connectivity index (χ3n) is 9.33. The van der Waals surface area contributed by atoms with E-state index >= 15 is 0 Å². The summed E-state index contributed by atoms with van der Waals surface area (Å²) in [7, 11) is 0. The molecule has 3 atom stereocenters. The molecular weight excluding hydrogens is 490 g/mol. The van der Waals surface area contributed by atoms with Crippen molar-refractivity contribution < 1.29 is 14.0 Å². The molecule has 0 aliphatic carbocycles. The van der Waals surface area contributed by atoms with Crippen LogP contribution < -0.4 is 4.57 Å². The van der Waals surface area contributed by atoms with Crippen LogP contribution in [0.5, 0.6) is 0 Å². The number of aromatic nitrogens is 1. The average Bonchev–Trinajstić information content (AvgIpc) is 2.87. The summed E-state index contributed by atoms with van der Waals surface area (Å²) in [5.41, 5.74) is 7.87. The summed E-state index contributed by atoms with van der Waals surface area (Å²) in [5, 5.41) is 1.28. The number of hydrogen-bond acceptors (Lipinski definition) is 2. The molecule has 2 aliphatic heterocycles. The predicted molar refractivity (Wildman–Crippen MR) is 166 cm³/mol. The Kier molecular flexibility index (Phi) is 7.92. The summed E-state index contributed by atoms with van der Waals surface area (Å²) in [4.78, 5) is 0. The summed E-state index contributed by atoms with van der Waals surface area (Å²) in [6.45, 7) is 20.7.